The van der Waals surface area contributed by atoms with Crippen LogP contribution in [0.15, 0.2) is 24.4 Å². The first-order chi connectivity index (χ1) is 10.6. The Labute approximate surface area is 132 Å². The van der Waals surface area contributed by atoms with Crippen LogP contribution in [0.1, 0.15) is 36.1 Å². The van der Waals surface area contributed by atoms with Crippen LogP contribution in [0.5, 0.6) is 0 Å². The third kappa shape index (κ3) is 3.44. The molecule has 1 aromatic carbocycles. The minimum Gasteiger partial charge on any atom is -0.375 e. The number of aromatic nitrogens is 1. The molecule has 1 aliphatic carbocycles. The Hall–Kier alpha value is -1.53. The van der Waals surface area contributed by atoms with E-state index in [0.29, 0.717) is 17.7 Å². The van der Waals surface area contributed by atoms with Gasteiger partial charge in [0.25, 0.3) is 0 Å². The van der Waals surface area contributed by atoms with Gasteiger partial charge in [-0.25, -0.2) is 13.8 Å². The second-order valence-electron chi connectivity index (χ2n) is 5.71. The molecule has 0 unspecified atom stereocenters. The van der Waals surface area contributed by atoms with Gasteiger partial charge in [-0.1, -0.05) is 18.9 Å². The topological polar surface area (TPSA) is 42.1 Å². The summed E-state index contributed by atoms with van der Waals surface area (Å²) in [6, 6.07) is 4.39. The Morgan fingerprint density at radius 2 is 1.86 bits per heavy atom. The van der Waals surface area contributed by atoms with Crippen molar-refractivity contribution in [3.05, 3.63) is 46.5 Å². The van der Waals surface area contributed by atoms with Gasteiger partial charge >= 0.3 is 0 Å². The molecule has 2 N–H and O–H groups in total. The summed E-state index contributed by atoms with van der Waals surface area (Å²) < 4.78 is 27.9. The molecule has 0 spiro atoms. The molecule has 2 aromatic rings. The predicted octanol–water partition coefficient (Wildman–Crippen LogP) is 3.95. The summed E-state index contributed by atoms with van der Waals surface area (Å²) in [6.45, 7) is 0.911. The van der Waals surface area contributed by atoms with Crippen molar-refractivity contribution < 1.29 is 8.78 Å². The lowest BCUT2D eigenvalue weighted by Crippen LogP contribution is -2.32. The maximum atomic E-state index is 13.9. The molecule has 1 saturated carbocycles. The molecule has 3 rings (SSSR count). The molecule has 1 aromatic heterocycles. The van der Waals surface area contributed by atoms with E-state index in [1.54, 1.807) is 6.20 Å². The van der Waals surface area contributed by atoms with E-state index in [9.17, 15) is 8.78 Å². The summed E-state index contributed by atoms with van der Waals surface area (Å²) in [6.07, 6.45) is 6.24. The first kappa shape index (κ1) is 15.4. The highest BCUT2D eigenvalue weighted by Crippen LogP contribution is 2.29. The number of nitrogens with two attached hydrogens (primary N) is 1. The van der Waals surface area contributed by atoms with Crippen molar-refractivity contribution in [2.24, 2.45) is 0 Å². The zero-order valence-corrected chi connectivity index (χ0v) is 13.1. The van der Waals surface area contributed by atoms with E-state index in [1.807, 2.05) is 0 Å². The highest BCUT2D eigenvalue weighted by Gasteiger charge is 2.25. The normalized spacial score (nSPS) is 15.8. The Morgan fingerprint density at radius 1 is 1.18 bits per heavy atom. The van der Waals surface area contributed by atoms with Gasteiger partial charge in [0.2, 0.25) is 0 Å². The number of rotatable bonds is 5. The van der Waals surface area contributed by atoms with Gasteiger partial charge in [0.1, 0.15) is 11.6 Å². The van der Waals surface area contributed by atoms with Crippen LogP contribution in [-0.2, 0) is 13.1 Å². The van der Waals surface area contributed by atoms with Crippen molar-refractivity contribution >= 4 is 16.5 Å². The van der Waals surface area contributed by atoms with Gasteiger partial charge in [-0.05, 0) is 25.0 Å². The summed E-state index contributed by atoms with van der Waals surface area (Å²) in [7, 11) is 0. The molecule has 3 nitrogen and oxygen atoms in total. The summed E-state index contributed by atoms with van der Waals surface area (Å²) in [5, 5.41) is 0.526. The number of benzene rings is 1. The van der Waals surface area contributed by atoms with Crippen molar-refractivity contribution in [2.45, 2.75) is 44.8 Å². The van der Waals surface area contributed by atoms with Crippen molar-refractivity contribution in [3.63, 3.8) is 0 Å². The van der Waals surface area contributed by atoms with Crippen molar-refractivity contribution in [1.82, 2.24) is 9.88 Å². The first-order valence-corrected chi connectivity index (χ1v) is 8.32. The van der Waals surface area contributed by atoms with E-state index >= 15 is 0 Å². The maximum Gasteiger partial charge on any atom is 0.180 e. The van der Waals surface area contributed by atoms with Crippen molar-refractivity contribution in [2.75, 3.05) is 5.73 Å². The molecule has 1 fully saturated rings. The predicted molar refractivity (Wildman–Crippen MR) is 84.4 cm³/mol. The number of hydrogen-bond donors (Lipinski definition) is 1. The molecule has 0 radical (unpaired) electrons. The Morgan fingerprint density at radius 3 is 2.45 bits per heavy atom. The molecular weight excluding hydrogens is 304 g/mol. The largest absolute Gasteiger partial charge is 0.375 e. The van der Waals surface area contributed by atoms with E-state index in [-0.39, 0.29) is 12.1 Å². The van der Waals surface area contributed by atoms with Gasteiger partial charge in [-0.3, -0.25) is 4.90 Å². The van der Waals surface area contributed by atoms with E-state index in [4.69, 9.17) is 5.73 Å². The average Bonchev–Trinajstić information content (AvgIpc) is 3.13. The van der Waals surface area contributed by atoms with E-state index < -0.39 is 11.6 Å². The third-order valence-corrected chi connectivity index (χ3v) is 5.01. The molecule has 0 atom stereocenters. The van der Waals surface area contributed by atoms with Gasteiger partial charge < -0.3 is 5.73 Å². The Bertz CT molecular complexity index is 618. The van der Waals surface area contributed by atoms with E-state index in [0.717, 1.165) is 17.7 Å². The first-order valence-electron chi connectivity index (χ1n) is 7.50. The second-order valence-corrected chi connectivity index (χ2v) is 6.86. The van der Waals surface area contributed by atoms with Gasteiger partial charge in [-0.15, -0.1) is 11.3 Å². The second kappa shape index (κ2) is 6.71. The highest BCUT2D eigenvalue weighted by atomic mass is 32.1. The number of nitrogen functional groups attached to an aromatic ring is 1. The Balaban J connectivity index is 1.81. The van der Waals surface area contributed by atoms with Crippen LogP contribution in [0.3, 0.4) is 0 Å². The molecule has 0 saturated heterocycles. The van der Waals surface area contributed by atoms with Gasteiger partial charge in [-0.2, -0.15) is 0 Å². The number of halogens is 2. The summed E-state index contributed by atoms with van der Waals surface area (Å²) in [5.41, 5.74) is 5.82. The molecule has 0 aliphatic heterocycles. The quantitative estimate of drug-likeness (QED) is 0.906. The zero-order chi connectivity index (χ0) is 15.5. The smallest absolute Gasteiger partial charge is 0.180 e. The minimum absolute atomic E-state index is 0.145. The molecular formula is C16H19F2N3S. The third-order valence-electron chi connectivity index (χ3n) is 4.19. The molecule has 118 valence electrons. The summed E-state index contributed by atoms with van der Waals surface area (Å²) >= 11 is 1.43. The maximum absolute atomic E-state index is 13.9. The van der Waals surface area contributed by atoms with Crippen molar-refractivity contribution in [1.29, 1.82) is 0 Å². The fourth-order valence-electron chi connectivity index (χ4n) is 3.07. The highest BCUT2D eigenvalue weighted by molar-refractivity contribution is 7.15. The molecule has 0 bridgehead atoms. The van der Waals surface area contributed by atoms with Gasteiger partial charge in [0.15, 0.2) is 5.13 Å². The van der Waals surface area contributed by atoms with Crippen LogP contribution in [0, 0.1) is 11.6 Å². The fourth-order valence-corrected chi connectivity index (χ4v) is 3.78. The number of anilines is 1. The van der Waals surface area contributed by atoms with Crippen LogP contribution < -0.4 is 5.73 Å². The monoisotopic (exact) mass is 323 g/mol. The summed E-state index contributed by atoms with van der Waals surface area (Å²) in [5.74, 6) is -0.960. The number of nitrogens with zero attached hydrogens (tertiary/aromatic N) is 2. The minimum atomic E-state index is -0.480. The standard InChI is InChI=1S/C16H19F2N3S/c17-14-6-3-7-15(18)13(14)10-21(11-4-1-2-5-11)9-12-8-20-16(19)22-12/h3,6-8,11H,1-2,4-5,9-10H2,(H2,19,20). The zero-order valence-electron chi connectivity index (χ0n) is 12.3. The fraction of sp³-hybridized carbons (Fsp3) is 0.438. The molecule has 1 aliphatic rings. The molecule has 22 heavy (non-hydrogen) atoms. The number of hydrogen-bond acceptors (Lipinski definition) is 4. The summed E-state index contributed by atoms with van der Waals surface area (Å²) in [4.78, 5) is 7.24. The van der Waals surface area contributed by atoms with E-state index in [2.05, 4.69) is 9.88 Å². The Kier molecular flexibility index (Phi) is 4.69. The van der Waals surface area contributed by atoms with Crippen LogP contribution >= 0.6 is 11.3 Å². The molecule has 6 heteroatoms. The van der Waals surface area contributed by atoms with Gasteiger partial charge in [0.05, 0.1) is 0 Å². The lowest BCUT2D eigenvalue weighted by molar-refractivity contribution is 0.177. The van der Waals surface area contributed by atoms with Crippen LogP contribution in [0.25, 0.3) is 0 Å². The lowest BCUT2D eigenvalue weighted by atomic mass is 10.1. The molecule has 1 heterocycles. The lowest BCUT2D eigenvalue weighted by Gasteiger charge is -2.28. The SMILES string of the molecule is Nc1ncc(CN(Cc2c(F)cccc2F)C2CCCC2)s1. The average molecular weight is 323 g/mol. The molecule has 0 amide bonds. The van der Waals surface area contributed by atoms with Crippen LogP contribution in [0.4, 0.5) is 13.9 Å². The van der Waals surface area contributed by atoms with Crippen molar-refractivity contribution in [3.8, 4) is 0 Å². The van der Waals surface area contributed by atoms with Crippen LogP contribution in [-0.4, -0.2) is 15.9 Å². The van der Waals surface area contributed by atoms with Crippen LogP contribution in [0.2, 0.25) is 0 Å². The van der Waals surface area contributed by atoms with Gasteiger partial charge in [0, 0.05) is 35.8 Å². The number of thiazole rings is 1. The van der Waals surface area contributed by atoms with E-state index in [1.165, 1.54) is 42.4 Å².